The number of nitrogens with zero attached hydrogens (tertiary/aromatic N) is 3. The van der Waals surface area contributed by atoms with Crippen LogP contribution in [0.2, 0.25) is 5.15 Å². The highest BCUT2D eigenvalue weighted by molar-refractivity contribution is 7.88. The van der Waals surface area contributed by atoms with Gasteiger partial charge in [-0.2, -0.15) is 0 Å². The molecule has 1 aromatic carbocycles. The van der Waals surface area contributed by atoms with Crippen molar-refractivity contribution in [2.24, 2.45) is 7.05 Å². The molecule has 6 nitrogen and oxygen atoms in total. The van der Waals surface area contributed by atoms with Crippen molar-refractivity contribution in [3.63, 3.8) is 0 Å². The lowest BCUT2D eigenvalue weighted by molar-refractivity contribution is 0.588. The summed E-state index contributed by atoms with van der Waals surface area (Å²) in [5.74, 6) is 0.879. The van der Waals surface area contributed by atoms with Crippen LogP contribution in [0.3, 0.4) is 0 Å². The number of imidazole rings is 1. The van der Waals surface area contributed by atoms with E-state index in [2.05, 4.69) is 14.7 Å². The second-order valence-electron chi connectivity index (χ2n) is 5.97. The predicted octanol–water partition coefficient (Wildman–Crippen LogP) is 2.88. The summed E-state index contributed by atoms with van der Waals surface area (Å²) in [5, 5.41) is 3.62. The zero-order valence-electron chi connectivity index (χ0n) is 14.4. The second-order valence-corrected chi connectivity index (χ2v) is 9.14. The van der Waals surface area contributed by atoms with Gasteiger partial charge >= 0.3 is 0 Å². The van der Waals surface area contributed by atoms with Gasteiger partial charge < -0.3 is 4.57 Å². The van der Waals surface area contributed by atoms with Crippen LogP contribution in [0.25, 0.3) is 11.3 Å². The Bertz CT molecular complexity index is 994. The molecule has 0 saturated carbocycles. The summed E-state index contributed by atoms with van der Waals surface area (Å²) in [6.07, 6.45) is 4.09. The number of aromatic nitrogens is 3. The van der Waals surface area contributed by atoms with E-state index in [0.29, 0.717) is 24.5 Å². The number of nitrogens with one attached hydrogen (secondary N) is 1. The molecule has 0 fully saturated rings. The van der Waals surface area contributed by atoms with Gasteiger partial charge in [-0.1, -0.05) is 35.9 Å². The zero-order valence-corrected chi connectivity index (χ0v) is 16.8. The fourth-order valence-corrected chi connectivity index (χ4v) is 3.89. The SMILES string of the molecule is Cn1c(Cl)cnc1Cc1nc(-c2ccc(CCNS(C)(=O)=O)cc2)cs1. The van der Waals surface area contributed by atoms with Gasteiger partial charge in [0.05, 0.1) is 24.6 Å². The van der Waals surface area contributed by atoms with Crippen molar-refractivity contribution in [2.45, 2.75) is 12.8 Å². The van der Waals surface area contributed by atoms with E-state index in [1.54, 1.807) is 17.5 Å². The fourth-order valence-electron chi connectivity index (χ4n) is 2.47. The fraction of sp³-hybridized carbons (Fsp3) is 0.294. The molecule has 0 saturated heterocycles. The predicted molar refractivity (Wildman–Crippen MR) is 105 cm³/mol. The van der Waals surface area contributed by atoms with E-state index in [1.807, 2.05) is 41.3 Å². The van der Waals surface area contributed by atoms with Gasteiger partial charge in [-0.3, -0.25) is 0 Å². The molecule has 3 aromatic rings. The molecular weight excluding hydrogens is 392 g/mol. The highest BCUT2D eigenvalue weighted by atomic mass is 35.5. The molecular formula is C17H19ClN4O2S2. The molecule has 0 atom stereocenters. The third kappa shape index (κ3) is 4.91. The van der Waals surface area contributed by atoms with Crippen molar-refractivity contribution in [1.82, 2.24) is 19.3 Å². The Balaban J connectivity index is 1.64. The average molecular weight is 411 g/mol. The average Bonchev–Trinajstić information content (AvgIpc) is 3.17. The first kappa shape index (κ1) is 19.0. The minimum absolute atomic E-state index is 0.394. The lowest BCUT2D eigenvalue weighted by Gasteiger charge is -2.04. The first-order valence-electron chi connectivity index (χ1n) is 7.96. The minimum Gasteiger partial charge on any atom is -0.322 e. The number of rotatable bonds is 7. The normalized spacial score (nSPS) is 11.8. The Labute approximate surface area is 161 Å². The Kier molecular flexibility index (Phi) is 5.76. The molecule has 0 unspecified atom stereocenters. The van der Waals surface area contributed by atoms with Crippen molar-refractivity contribution in [2.75, 3.05) is 12.8 Å². The van der Waals surface area contributed by atoms with E-state index < -0.39 is 10.0 Å². The molecule has 0 aliphatic heterocycles. The van der Waals surface area contributed by atoms with Gasteiger partial charge in [0.2, 0.25) is 10.0 Å². The Morgan fingerprint density at radius 1 is 1.27 bits per heavy atom. The summed E-state index contributed by atoms with van der Waals surface area (Å²) in [6, 6.07) is 8.01. The number of benzene rings is 1. The van der Waals surface area contributed by atoms with E-state index in [0.717, 1.165) is 33.9 Å². The lowest BCUT2D eigenvalue weighted by Crippen LogP contribution is -2.24. The van der Waals surface area contributed by atoms with Crippen molar-refractivity contribution >= 4 is 33.0 Å². The molecule has 0 amide bonds. The standard InChI is InChI=1S/C17H19ClN4O2S2/c1-22-15(18)10-19-16(22)9-17-21-14(11-25-17)13-5-3-12(4-6-13)7-8-20-26(2,23)24/h3-6,10-11,20H,7-9H2,1-2H3. The van der Waals surface area contributed by atoms with Gasteiger partial charge in [0.15, 0.2) is 0 Å². The monoisotopic (exact) mass is 410 g/mol. The van der Waals surface area contributed by atoms with Crippen LogP contribution in [0.1, 0.15) is 16.4 Å². The highest BCUT2D eigenvalue weighted by Gasteiger charge is 2.10. The molecule has 3 rings (SSSR count). The second kappa shape index (κ2) is 7.87. The lowest BCUT2D eigenvalue weighted by atomic mass is 10.1. The summed E-state index contributed by atoms with van der Waals surface area (Å²) in [4.78, 5) is 8.98. The highest BCUT2D eigenvalue weighted by Crippen LogP contribution is 2.24. The minimum atomic E-state index is -3.14. The maximum Gasteiger partial charge on any atom is 0.208 e. The van der Waals surface area contributed by atoms with E-state index >= 15 is 0 Å². The smallest absolute Gasteiger partial charge is 0.208 e. The van der Waals surface area contributed by atoms with Crippen LogP contribution in [0.5, 0.6) is 0 Å². The third-order valence-electron chi connectivity index (χ3n) is 3.92. The van der Waals surface area contributed by atoms with Crippen LogP contribution in [-0.4, -0.2) is 35.8 Å². The zero-order chi connectivity index (χ0) is 18.7. The summed E-state index contributed by atoms with van der Waals surface area (Å²) in [6.45, 7) is 0.394. The van der Waals surface area contributed by atoms with Gasteiger partial charge in [-0.15, -0.1) is 11.3 Å². The van der Waals surface area contributed by atoms with E-state index in [1.165, 1.54) is 0 Å². The van der Waals surface area contributed by atoms with Gasteiger partial charge in [0.1, 0.15) is 16.0 Å². The summed E-state index contributed by atoms with van der Waals surface area (Å²) in [7, 11) is -1.26. The van der Waals surface area contributed by atoms with Crippen molar-refractivity contribution < 1.29 is 8.42 Å². The Hall–Kier alpha value is -1.74. The molecule has 0 bridgehead atoms. The van der Waals surface area contributed by atoms with E-state index in [-0.39, 0.29) is 0 Å². The summed E-state index contributed by atoms with van der Waals surface area (Å²) >= 11 is 7.61. The van der Waals surface area contributed by atoms with Crippen LogP contribution in [0, 0.1) is 0 Å². The Morgan fingerprint density at radius 3 is 2.62 bits per heavy atom. The maximum absolute atomic E-state index is 11.1. The molecule has 0 spiro atoms. The molecule has 0 aliphatic rings. The van der Waals surface area contributed by atoms with Crippen molar-refractivity contribution in [1.29, 1.82) is 0 Å². The first-order chi connectivity index (χ1) is 12.3. The van der Waals surface area contributed by atoms with Gasteiger partial charge in [-0.25, -0.2) is 23.1 Å². The number of hydrogen-bond donors (Lipinski definition) is 1. The molecule has 26 heavy (non-hydrogen) atoms. The molecule has 2 aromatic heterocycles. The van der Waals surface area contributed by atoms with Crippen LogP contribution in [0.15, 0.2) is 35.8 Å². The van der Waals surface area contributed by atoms with Crippen molar-refractivity contribution in [3.05, 3.63) is 57.4 Å². The largest absolute Gasteiger partial charge is 0.322 e. The van der Waals surface area contributed by atoms with Gasteiger partial charge in [0.25, 0.3) is 0 Å². The van der Waals surface area contributed by atoms with Crippen LogP contribution >= 0.6 is 22.9 Å². The molecule has 138 valence electrons. The molecule has 2 heterocycles. The van der Waals surface area contributed by atoms with Gasteiger partial charge in [-0.05, 0) is 12.0 Å². The summed E-state index contributed by atoms with van der Waals surface area (Å²) in [5.41, 5.74) is 3.03. The Morgan fingerprint density at radius 2 is 2.00 bits per heavy atom. The number of sulfonamides is 1. The third-order valence-corrected chi connectivity index (χ3v) is 5.84. The van der Waals surface area contributed by atoms with E-state index in [9.17, 15) is 8.42 Å². The van der Waals surface area contributed by atoms with Crippen LogP contribution in [0.4, 0.5) is 0 Å². The molecule has 1 N–H and O–H groups in total. The van der Waals surface area contributed by atoms with Crippen LogP contribution < -0.4 is 4.72 Å². The number of thiazole rings is 1. The topological polar surface area (TPSA) is 76.9 Å². The molecule has 0 radical (unpaired) electrons. The molecule has 9 heteroatoms. The van der Waals surface area contributed by atoms with Gasteiger partial charge in [0, 0.05) is 24.5 Å². The maximum atomic E-state index is 11.1. The number of hydrogen-bond acceptors (Lipinski definition) is 5. The van der Waals surface area contributed by atoms with Crippen LogP contribution in [-0.2, 0) is 29.9 Å². The molecule has 0 aliphatic carbocycles. The number of halogens is 1. The van der Waals surface area contributed by atoms with E-state index in [4.69, 9.17) is 11.6 Å². The summed E-state index contributed by atoms with van der Waals surface area (Å²) < 4.78 is 26.5. The quantitative estimate of drug-likeness (QED) is 0.649. The van der Waals surface area contributed by atoms with Crippen molar-refractivity contribution in [3.8, 4) is 11.3 Å². The first-order valence-corrected chi connectivity index (χ1v) is 11.1.